The van der Waals surface area contributed by atoms with Gasteiger partial charge in [-0.05, 0) is 19.8 Å². The molecule has 0 atom stereocenters. The van der Waals surface area contributed by atoms with Gasteiger partial charge in [0.1, 0.15) is 5.41 Å². The first kappa shape index (κ1) is 11.4. The Morgan fingerprint density at radius 3 is 2.13 bits per heavy atom. The van der Waals surface area contributed by atoms with E-state index in [1.165, 1.54) is 0 Å². The van der Waals surface area contributed by atoms with Crippen molar-refractivity contribution < 1.29 is 14.4 Å². The maximum Gasteiger partial charge on any atom is 0.328 e. The van der Waals surface area contributed by atoms with Crippen molar-refractivity contribution in [2.45, 2.75) is 26.7 Å². The van der Waals surface area contributed by atoms with Crippen molar-refractivity contribution in [1.29, 1.82) is 0 Å². The molecule has 0 saturated carbocycles. The fraction of sp³-hybridized carbons (Fsp3) is 0.500. The van der Waals surface area contributed by atoms with E-state index in [9.17, 15) is 14.4 Å². The van der Waals surface area contributed by atoms with E-state index in [0.29, 0.717) is 12.8 Å². The summed E-state index contributed by atoms with van der Waals surface area (Å²) in [6, 6.07) is -0.741. The number of rotatable bonds is 3. The molecule has 1 fully saturated rings. The number of hydrogen-bond acceptors (Lipinski definition) is 3. The number of imide groups is 2. The lowest BCUT2D eigenvalue weighted by Crippen LogP contribution is -2.62. The Balaban J connectivity index is 2.99. The third-order valence-corrected chi connectivity index (χ3v) is 2.63. The first-order chi connectivity index (χ1) is 7.06. The summed E-state index contributed by atoms with van der Waals surface area (Å²) in [5.74, 6) is -1.03. The summed E-state index contributed by atoms with van der Waals surface area (Å²) in [6.07, 6.45) is 4.19. The largest absolute Gasteiger partial charge is 0.328 e. The number of allylic oxidation sites excluding steroid dienone is 2. The van der Waals surface area contributed by atoms with Crippen LogP contribution in [0.25, 0.3) is 0 Å². The van der Waals surface area contributed by atoms with Crippen LogP contribution in [0.1, 0.15) is 26.7 Å². The Labute approximate surface area is 87.9 Å². The van der Waals surface area contributed by atoms with Gasteiger partial charge in [0.25, 0.3) is 0 Å². The molecule has 0 aromatic carbocycles. The molecule has 15 heavy (non-hydrogen) atoms. The molecule has 5 heteroatoms. The van der Waals surface area contributed by atoms with Crippen molar-refractivity contribution in [1.82, 2.24) is 10.6 Å². The highest BCUT2D eigenvalue weighted by molar-refractivity contribution is 6.19. The van der Waals surface area contributed by atoms with Crippen molar-refractivity contribution in [3.63, 3.8) is 0 Å². The Morgan fingerprint density at radius 1 is 1.20 bits per heavy atom. The molecule has 2 N–H and O–H groups in total. The normalized spacial score (nSPS) is 20.3. The zero-order valence-corrected chi connectivity index (χ0v) is 8.79. The molecule has 0 aromatic heterocycles. The van der Waals surface area contributed by atoms with E-state index in [-0.39, 0.29) is 0 Å². The smallest absolute Gasteiger partial charge is 0.277 e. The number of barbiturate groups is 1. The van der Waals surface area contributed by atoms with Crippen molar-refractivity contribution in [2.24, 2.45) is 5.41 Å². The van der Waals surface area contributed by atoms with Crippen LogP contribution in [-0.2, 0) is 9.59 Å². The summed E-state index contributed by atoms with van der Waals surface area (Å²) in [5, 5.41) is 4.23. The van der Waals surface area contributed by atoms with Crippen LogP contribution in [-0.4, -0.2) is 17.8 Å². The highest BCUT2D eigenvalue weighted by Gasteiger charge is 2.47. The van der Waals surface area contributed by atoms with Gasteiger partial charge in [-0.2, -0.15) is 0 Å². The number of amides is 4. The van der Waals surface area contributed by atoms with Crippen LogP contribution in [0.2, 0.25) is 0 Å². The standard InChI is InChI=1S/C10H14N2O3/c1-3-5-6-10(4-2)7(13)11-9(15)12-8(10)14/h3,5H,4,6H2,1-2H3,(H2,11,12,13,14,15)/b5-3-. The van der Waals surface area contributed by atoms with E-state index < -0.39 is 23.3 Å². The molecule has 0 aliphatic carbocycles. The summed E-state index contributed by atoms with van der Waals surface area (Å²) in [6.45, 7) is 3.56. The minimum Gasteiger partial charge on any atom is -0.277 e. The summed E-state index contributed by atoms with van der Waals surface area (Å²) < 4.78 is 0. The first-order valence-corrected chi connectivity index (χ1v) is 4.85. The van der Waals surface area contributed by atoms with E-state index in [1.54, 1.807) is 19.1 Å². The molecule has 1 aliphatic heterocycles. The molecular weight excluding hydrogens is 196 g/mol. The SMILES string of the molecule is C/C=C\CC1(CC)C(=O)NC(=O)NC1=O. The lowest BCUT2D eigenvalue weighted by Gasteiger charge is -2.31. The second-order valence-corrected chi connectivity index (χ2v) is 3.45. The monoisotopic (exact) mass is 210 g/mol. The summed E-state index contributed by atoms with van der Waals surface area (Å²) in [7, 11) is 0. The molecular formula is C10H14N2O3. The average Bonchev–Trinajstić information content (AvgIpc) is 2.17. The van der Waals surface area contributed by atoms with Gasteiger partial charge in [0.2, 0.25) is 11.8 Å². The van der Waals surface area contributed by atoms with E-state index in [1.807, 2.05) is 6.92 Å². The number of nitrogens with one attached hydrogen (secondary N) is 2. The molecule has 0 radical (unpaired) electrons. The molecule has 0 aromatic rings. The summed E-state index contributed by atoms with van der Waals surface area (Å²) in [5.41, 5.74) is -1.14. The molecule has 4 amide bonds. The lowest BCUT2D eigenvalue weighted by molar-refractivity contribution is -0.144. The second-order valence-electron chi connectivity index (χ2n) is 3.45. The number of carbonyl (C=O) groups is 3. The topological polar surface area (TPSA) is 75.3 Å². The van der Waals surface area contributed by atoms with Gasteiger partial charge < -0.3 is 0 Å². The van der Waals surface area contributed by atoms with Crippen LogP contribution in [0.5, 0.6) is 0 Å². The van der Waals surface area contributed by atoms with Crippen molar-refractivity contribution >= 4 is 17.8 Å². The van der Waals surface area contributed by atoms with Gasteiger partial charge in [0.15, 0.2) is 0 Å². The third-order valence-electron chi connectivity index (χ3n) is 2.63. The molecule has 82 valence electrons. The van der Waals surface area contributed by atoms with Crippen molar-refractivity contribution in [3.05, 3.63) is 12.2 Å². The van der Waals surface area contributed by atoms with E-state index in [2.05, 4.69) is 10.6 Å². The summed E-state index contributed by atoms with van der Waals surface area (Å²) in [4.78, 5) is 34.2. The van der Waals surface area contributed by atoms with E-state index in [4.69, 9.17) is 0 Å². The van der Waals surface area contributed by atoms with Crippen LogP contribution >= 0.6 is 0 Å². The van der Waals surface area contributed by atoms with Crippen LogP contribution < -0.4 is 10.6 Å². The predicted octanol–water partition coefficient (Wildman–Crippen LogP) is 0.715. The van der Waals surface area contributed by atoms with Gasteiger partial charge in [-0.1, -0.05) is 19.1 Å². The van der Waals surface area contributed by atoms with Crippen LogP contribution in [0, 0.1) is 5.41 Å². The van der Waals surface area contributed by atoms with Crippen LogP contribution in [0.4, 0.5) is 4.79 Å². The maximum absolute atomic E-state index is 11.6. The number of urea groups is 1. The minimum atomic E-state index is -1.14. The van der Waals surface area contributed by atoms with Gasteiger partial charge in [0, 0.05) is 0 Å². The number of carbonyl (C=O) groups excluding carboxylic acids is 3. The maximum atomic E-state index is 11.6. The molecule has 0 unspecified atom stereocenters. The molecule has 1 rings (SSSR count). The van der Waals surface area contributed by atoms with Gasteiger partial charge >= 0.3 is 6.03 Å². The predicted molar refractivity (Wildman–Crippen MR) is 53.8 cm³/mol. The lowest BCUT2D eigenvalue weighted by atomic mass is 9.78. The van der Waals surface area contributed by atoms with Crippen molar-refractivity contribution in [3.8, 4) is 0 Å². The number of hydrogen-bond donors (Lipinski definition) is 2. The Bertz CT molecular complexity index is 314. The van der Waals surface area contributed by atoms with Gasteiger partial charge in [-0.25, -0.2) is 4.79 Å². The molecule has 1 heterocycles. The molecule has 5 nitrogen and oxygen atoms in total. The molecule has 1 saturated heterocycles. The average molecular weight is 210 g/mol. The summed E-state index contributed by atoms with van der Waals surface area (Å²) >= 11 is 0. The van der Waals surface area contributed by atoms with Gasteiger partial charge in [-0.15, -0.1) is 0 Å². The fourth-order valence-corrected chi connectivity index (χ4v) is 1.55. The van der Waals surface area contributed by atoms with Crippen LogP contribution in [0.3, 0.4) is 0 Å². The van der Waals surface area contributed by atoms with Gasteiger partial charge in [-0.3, -0.25) is 20.2 Å². The Kier molecular flexibility index (Phi) is 3.24. The molecule has 1 aliphatic rings. The minimum absolute atomic E-state index is 0.310. The van der Waals surface area contributed by atoms with Crippen LogP contribution in [0.15, 0.2) is 12.2 Å². The second kappa shape index (κ2) is 4.25. The Hall–Kier alpha value is -1.65. The van der Waals surface area contributed by atoms with Gasteiger partial charge in [0.05, 0.1) is 0 Å². The quantitative estimate of drug-likeness (QED) is 0.532. The first-order valence-electron chi connectivity index (χ1n) is 4.85. The fourth-order valence-electron chi connectivity index (χ4n) is 1.55. The zero-order valence-electron chi connectivity index (χ0n) is 8.79. The third kappa shape index (κ3) is 1.91. The highest BCUT2D eigenvalue weighted by Crippen LogP contribution is 2.29. The molecule has 0 spiro atoms. The van der Waals surface area contributed by atoms with E-state index in [0.717, 1.165) is 0 Å². The highest BCUT2D eigenvalue weighted by atomic mass is 16.2. The zero-order chi connectivity index (χ0) is 11.5. The molecule has 0 bridgehead atoms. The Morgan fingerprint density at radius 2 is 1.73 bits per heavy atom. The van der Waals surface area contributed by atoms with E-state index >= 15 is 0 Å². The van der Waals surface area contributed by atoms with Crippen molar-refractivity contribution in [2.75, 3.05) is 0 Å².